The number of phenols is 2. The van der Waals surface area contributed by atoms with Gasteiger partial charge in [0, 0.05) is 75.5 Å². The molecule has 42 heavy (non-hydrogen) atoms. The lowest BCUT2D eigenvalue weighted by molar-refractivity contribution is -0.293. The van der Waals surface area contributed by atoms with Crippen molar-refractivity contribution >= 4 is 22.6 Å². The zero-order valence-electron chi connectivity index (χ0n) is 26.4. The Labute approximate surface area is 248 Å². The summed E-state index contributed by atoms with van der Waals surface area (Å²) in [7, 11) is 0. The Morgan fingerprint density at radius 3 is 1.95 bits per heavy atom. The van der Waals surface area contributed by atoms with E-state index < -0.39 is 0 Å². The van der Waals surface area contributed by atoms with Crippen LogP contribution in [-0.4, -0.2) is 42.2 Å². The van der Waals surface area contributed by atoms with E-state index in [2.05, 4.69) is 64.9 Å². The molecule has 0 aromatic heterocycles. The molecule has 222 valence electrons. The molecular weight excluding hydrogens is 524 g/mol. The Balaban J connectivity index is 1.52. The Morgan fingerprint density at radius 2 is 1.31 bits per heavy atom. The van der Waals surface area contributed by atoms with E-state index in [0.29, 0.717) is 10.8 Å². The average Bonchev–Trinajstić information content (AvgIpc) is 2.88. The molecule has 0 saturated heterocycles. The summed E-state index contributed by atoms with van der Waals surface area (Å²) in [6, 6.07) is 3.81. The summed E-state index contributed by atoms with van der Waals surface area (Å²) in [6.45, 7) is 21.1. The van der Waals surface area contributed by atoms with E-state index >= 15 is 0 Å². The van der Waals surface area contributed by atoms with Crippen molar-refractivity contribution in [2.45, 2.75) is 103 Å². The summed E-state index contributed by atoms with van der Waals surface area (Å²) < 4.78 is 2.36. The highest BCUT2D eigenvalue weighted by Gasteiger charge is 2.46. The Kier molecular flexibility index (Phi) is 5.38. The number of carbonyl (C=O) groups excluding carboxylic acids is 1. The molecule has 5 aliphatic rings. The predicted molar refractivity (Wildman–Crippen MR) is 165 cm³/mol. The van der Waals surface area contributed by atoms with Gasteiger partial charge in [-0.3, -0.25) is 4.79 Å². The van der Waals surface area contributed by atoms with Crippen molar-refractivity contribution in [3.05, 3.63) is 56.3 Å². The number of ketones is 1. The van der Waals surface area contributed by atoms with Crippen LogP contribution in [0.3, 0.4) is 0 Å². The number of Topliss-reactive ketones (excluding diaryl/α,β-unsaturated/α-hetero) is 1. The van der Waals surface area contributed by atoms with Crippen molar-refractivity contribution in [3.8, 4) is 11.5 Å². The smallest absolute Gasteiger partial charge is 0.211 e. The molecular formula is C36H44N2O4. The largest absolute Gasteiger partial charge is 0.871 e. The maximum absolute atomic E-state index is 14.1. The number of hydrogen-bond donors (Lipinski definition) is 2. The van der Waals surface area contributed by atoms with Gasteiger partial charge < -0.3 is 20.2 Å². The molecule has 0 radical (unpaired) electrons. The summed E-state index contributed by atoms with van der Waals surface area (Å²) in [5.74, 6) is -0.662. The van der Waals surface area contributed by atoms with E-state index in [-0.39, 0.29) is 55.8 Å². The molecule has 7 rings (SSSR count). The van der Waals surface area contributed by atoms with Crippen molar-refractivity contribution < 1.29 is 20.1 Å². The van der Waals surface area contributed by atoms with E-state index in [9.17, 15) is 20.1 Å². The molecule has 0 bridgehead atoms. The highest BCUT2D eigenvalue weighted by molar-refractivity contribution is 6.51. The van der Waals surface area contributed by atoms with Crippen LogP contribution < -0.4 is 25.2 Å². The molecule has 6 heteroatoms. The van der Waals surface area contributed by atoms with Gasteiger partial charge in [-0.05, 0) is 41.4 Å². The van der Waals surface area contributed by atoms with E-state index in [0.717, 1.165) is 85.2 Å². The summed E-state index contributed by atoms with van der Waals surface area (Å²) in [5.41, 5.74) is 4.50. The lowest BCUT2D eigenvalue weighted by atomic mass is 9.67. The van der Waals surface area contributed by atoms with Gasteiger partial charge in [-0.2, -0.15) is 0 Å². The zero-order valence-corrected chi connectivity index (χ0v) is 26.4. The Bertz CT molecular complexity index is 1780. The normalized spacial score (nSPS) is 25.6. The van der Waals surface area contributed by atoms with Gasteiger partial charge in [0.05, 0.1) is 5.56 Å². The first-order valence-electron chi connectivity index (χ1n) is 15.6. The number of rotatable bonds is 1. The van der Waals surface area contributed by atoms with Gasteiger partial charge in [-0.25, -0.2) is 4.58 Å². The Hall–Kier alpha value is -3.28. The average molecular weight is 569 g/mol. The number of phenolic OH excluding ortho intramolecular Hbond substituents is 2. The van der Waals surface area contributed by atoms with E-state index in [1.165, 1.54) is 0 Å². The first kappa shape index (κ1) is 27.5. The van der Waals surface area contributed by atoms with Crippen molar-refractivity contribution in [2.24, 2.45) is 0 Å². The van der Waals surface area contributed by atoms with Crippen LogP contribution in [0.2, 0.25) is 0 Å². The predicted octanol–water partition coefficient (Wildman–Crippen LogP) is 3.63. The number of aromatic hydroxyl groups is 2. The van der Waals surface area contributed by atoms with Crippen molar-refractivity contribution in [1.82, 2.24) is 4.58 Å². The highest BCUT2D eigenvalue weighted by Crippen LogP contribution is 2.55. The van der Waals surface area contributed by atoms with Crippen LogP contribution in [0.4, 0.5) is 5.69 Å². The number of nitrogens with zero attached hydrogens (tertiary/aromatic N) is 2. The summed E-state index contributed by atoms with van der Waals surface area (Å²) in [5, 5.41) is 39.1. The molecule has 4 heterocycles. The SMILES string of the molecule is CC1(C)CCN2CCC(C)(C)c3c(O)c(C4=C([O-])/C(=c5\cc6c7c(c5O)C(C)(C)CC[N+]=7CCC6(C)C)C4=O)cc1c32. The third-order valence-electron chi connectivity index (χ3n) is 11.5. The number of benzene rings is 2. The second-order valence-electron chi connectivity index (χ2n) is 16.0. The molecule has 1 aliphatic carbocycles. The van der Waals surface area contributed by atoms with Crippen molar-refractivity contribution in [1.29, 1.82) is 0 Å². The van der Waals surface area contributed by atoms with Gasteiger partial charge in [0.1, 0.15) is 24.6 Å². The minimum atomic E-state index is -0.386. The molecule has 0 unspecified atom stereocenters. The van der Waals surface area contributed by atoms with Crippen LogP contribution in [0.15, 0.2) is 17.9 Å². The number of anilines is 1. The van der Waals surface area contributed by atoms with Gasteiger partial charge in [-0.1, -0.05) is 61.1 Å². The standard InChI is InChI=1S/C36H44N2O4/c1-33(2)9-13-37-15-11-35(5,6)25-27(37)21(33)17-19(29(25)39)23-31(41)24(32(23)42)20-18-22-28-26(30(20)40)36(7,8)12-16-38(28)14-10-34(22,3)4/h17-18H,9-16H2,1-8H3,(H2,39,40,41,42). The topological polar surface area (TPSA) is 86.8 Å². The van der Waals surface area contributed by atoms with Crippen LogP contribution in [0.5, 0.6) is 11.5 Å². The minimum Gasteiger partial charge on any atom is -0.871 e. The molecule has 2 aromatic rings. The molecule has 4 aliphatic heterocycles. The van der Waals surface area contributed by atoms with Gasteiger partial charge >= 0.3 is 0 Å². The number of hydrogen-bond acceptors (Lipinski definition) is 5. The first-order chi connectivity index (χ1) is 19.5. The molecule has 0 spiro atoms. The van der Waals surface area contributed by atoms with Crippen LogP contribution in [0, 0.1) is 0 Å². The summed E-state index contributed by atoms with van der Waals surface area (Å²) in [4.78, 5) is 16.4. The lowest BCUT2D eigenvalue weighted by Crippen LogP contribution is -2.53. The van der Waals surface area contributed by atoms with Crippen molar-refractivity contribution in [2.75, 3.05) is 31.1 Å². The third-order valence-corrected chi connectivity index (χ3v) is 11.5. The second kappa shape index (κ2) is 8.21. The molecule has 2 aromatic carbocycles. The quantitative estimate of drug-likeness (QED) is 0.514. The molecule has 0 saturated carbocycles. The van der Waals surface area contributed by atoms with Crippen LogP contribution in [0.1, 0.15) is 109 Å². The maximum Gasteiger partial charge on any atom is 0.211 e. The van der Waals surface area contributed by atoms with Crippen LogP contribution in [-0.2, 0) is 26.5 Å². The number of carbonyl (C=O) groups is 1. The Morgan fingerprint density at radius 1 is 0.738 bits per heavy atom. The first-order valence-corrected chi connectivity index (χ1v) is 15.6. The van der Waals surface area contributed by atoms with E-state index in [1.54, 1.807) is 0 Å². The maximum atomic E-state index is 14.1. The number of allylic oxidation sites excluding steroid dienone is 2. The molecule has 0 amide bonds. The van der Waals surface area contributed by atoms with E-state index in [4.69, 9.17) is 0 Å². The highest BCUT2D eigenvalue weighted by atomic mass is 16.3. The zero-order chi connectivity index (χ0) is 30.3. The summed E-state index contributed by atoms with van der Waals surface area (Å²) >= 11 is 0. The van der Waals surface area contributed by atoms with Gasteiger partial charge in [0.2, 0.25) is 5.36 Å². The lowest BCUT2D eigenvalue weighted by Gasteiger charge is -2.49. The minimum absolute atomic E-state index is 0.0433. The second-order valence-corrected chi connectivity index (χ2v) is 16.0. The van der Waals surface area contributed by atoms with Crippen LogP contribution >= 0.6 is 0 Å². The fourth-order valence-corrected chi connectivity index (χ4v) is 8.41. The monoisotopic (exact) mass is 568 g/mol. The fourth-order valence-electron chi connectivity index (χ4n) is 8.41. The third kappa shape index (κ3) is 3.44. The fraction of sp³-hybridized carbons (Fsp3) is 0.556. The molecule has 6 nitrogen and oxygen atoms in total. The molecule has 0 atom stereocenters. The van der Waals surface area contributed by atoms with Crippen LogP contribution in [0.25, 0.3) is 11.1 Å². The van der Waals surface area contributed by atoms with Gasteiger partial charge in [-0.15, -0.1) is 0 Å². The molecule has 2 N–H and O–H groups in total. The van der Waals surface area contributed by atoms with Crippen molar-refractivity contribution in [3.63, 3.8) is 0 Å². The van der Waals surface area contributed by atoms with Gasteiger partial charge in [0.15, 0.2) is 5.78 Å². The van der Waals surface area contributed by atoms with Gasteiger partial charge in [0.25, 0.3) is 0 Å². The molecule has 0 fully saturated rings. The van der Waals surface area contributed by atoms with E-state index in [1.807, 2.05) is 12.1 Å². The summed E-state index contributed by atoms with van der Waals surface area (Å²) in [6.07, 6.45) is 3.71.